The van der Waals surface area contributed by atoms with Crippen LogP contribution in [0.15, 0.2) is 24.3 Å². The maximum absolute atomic E-state index is 12.4. The molecule has 21 heavy (non-hydrogen) atoms. The van der Waals surface area contributed by atoms with Gasteiger partial charge in [-0.25, -0.2) is 4.79 Å². The molecule has 1 aliphatic heterocycles. The van der Waals surface area contributed by atoms with Gasteiger partial charge in [-0.15, -0.1) is 0 Å². The van der Waals surface area contributed by atoms with E-state index < -0.39 is 0 Å². The number of hydrogen-bond acceptors (Lipinski definition) is 2. The Bertz CT molecular complexity index is 461. The molecule has 1 fully saturated rings. The van der Waals surface area contributed by atoms with Crippen molar-refractivity contribution in [1.82, 2.24) is 4.90 Å². The molecule has 1 aliphatic rings. The van der Waals surface area contributed by atoms with Crippen molar-refractivity contribution in [3.8, 4) is 0 Å². The molecular formula is C17H27N3O. The van der Waals surface area contributed by atoms with Gasteiger partial charge in [-0.05, 0) is 18.6 Å². The van der Waals surface area contributed by atoms with Gasteiger partial charge in [0.1, 0.15) is 0 Å². The van der Waals surface area contributed by atoms with Crippen molar-refractivity contribution in [1.29, 1.82) is 0 Å². The third-order valence-corrected chi connectivity index (χ3v) is 4.10. The highest BCUT2D eigenvalue weighted by atomic mass is 16.2. The summed E-state index contributed by atoms with van der Waals surface area (Å²) >= 11 is 0. The molecule has 0 unspecified atom stereocenters. The number of urea groups is 1. The number of carbonyl (C=O) groups excluding carboxylic acids is 1. The summed E-state index contributed by atoms with van der Waals surface area (Å²) in [4.78, 5) is 16.2. The molecule has 0 aromatic heterocycles. The zero-order valence-corrected chi connectivity index (χ0v) is 13.1. The second-order valence-electron chi connectivity index (χ2n) is 5.75. The first kappa shape index (κ1) is 15.7. The molecule has 1 saturated heterocycles. The summed E-state index contributed by atoms with van der Waals surface area (Å²) < 4.78 is 0. The van der Waals surface area contributed by atoms with Crippen molar-refractivity contribution < 1.29 is 4.79 Å². The van der Waals surface area contributed by atoms with Gasteiger partial charge in [0.05, 0.1) is 11.4 Å². The fraction of sp³-hybridized carbons (Fsp3) is 0.588. The van der Waals surface area contributed by atoms with E-state index in [1.807, 2.05) is 29.2 Å². The summed E-state index contributed by atoms with van der Waals surface area (Å²) in [5.74, 6) is 0. The summed E-state index contributed by atoms with van der Waals surface area (Å²) in [5.41, 5.74) is 7.48. The van der Waals surface area contributed by atoms with Gasteiger partial charge in [0.15, 0.2) is 0 Å². The van der Waals surface area contributed by atoms with Crippen LogP contribution >= 0.6 is 0 Å². The summed E-state index contributed by atoms with van der Waals surface area (Å²) in [6.45, 7) is 4.64. The Balaban J connectivity index is 1.78. The second-order valence-corrected chi connectivity index (χ2v) is 5.75. The number of anilines is 2. The van der Waals surface area contributed by atoms with Gasteiger partial charge >= 0.3 is 6.03 Å². The van der Waals surface area contributed by atoms with Crippen LogP contribution in [0.5, 0.6) is 0 Å². The van der Waals surface area contributed by atoms with Crippen LogP contribution in [-0.2, 0) is 0 Å². The van der Waals surface area contributed by atoms with Gasteiger partial charge in [-0.1, -0.05) is 51.2 Å². The minimum Gasteiger partial charge on any atom is -0.397 e. The topological polar surface area (TPSA) is 49.6 Å². The van der Waals surface area contributed by atoms with E-state index in [4.69, 9.17) is 5.73 Å². The fourth-order valence-electron chi connectivity index (χ4n) is 2.83. The number of para-hydroxylation sites is 2. The number of rotatable bonds is 8. The molecule has 0 spiro atoms. The van der Waals surface area contributed by atoms with Gasteiger partial charge in [0, 0.05) is 19.6 Å². The van der Waals surface area contributed by atoms with Crippen LogP contribution in [0.4, 0.5) is 16.2 Å². The second kappa shape index (κ2) is 7.91. The van der Waals surface area contributed by atoms with Crippen LogP contribution in [0.2, 0.25) is 0 Å². The number of hydrogen-bond donors (Lipinski definition) is 1. The van der Waals surface area contributed by atoms with Crippen LogP contribution in [0.25, 0.3) is 0 Å². The molecule has 1 aromatic carbocycles. The third-order valence-electron chi connectivity index (χ3n) is 4.10. The quantitative estimate of drug-likeness (QED) is 0.583. The molecule has 0 radical (unpaired) electrons. The Morgan fingerprint density at radius 3 is 2.52 bits per heavy atom. The highest BCUT2D eigenvalue weighted by Crippen LogP contribution is 2.26. The molecule has 2 amide bonds. The summed E-state index contributed by atoms with van der Waals surface area (Å²) in [7, 11) is 0. The first-order valence-electron chi connectivity index (χ1n) is 8.15. The van der Waals surface area contributed by atoms with E-state index in [2.05, 4.69) is 6.92 Å². The average Bonchev–Trinajstić information content (AvgIpc) is 2.84. The molecule has 1 aromatic rings. The molecular weight excluding hydrogens is 262 g/mol. The maximum atomic E-state index is 12.4. The zero-order valence-electron chi connectivity index (χ0n) is 13.1. The lowest BCUT2D eigenvalue weighted by molar-refractivity contribution is 0.219. The molecule has 2 N–H and O–H groups in total. The number of carbonyl (C=O) groups is 1. The Morgan fingerprint density at radius 2 is 1.76 bits per heavy atom. The van der Waals surface area contributed by atoms with Crippen molar-refractivity contribution in [3.05, 3.63) is 24.3 Å². The largest absolute Gasteiger partial charge is 0.397 e. The van der Waals surface area contributed by atoms with Gasteiger partial charge in [0.2, 0.25) is 0 Å². The minimum atomic E-state index is 0.0986. The van der Waals surface area contributed by atoms with E-state index in [9.17, 15) is 4.79 Å². The molecule has 2 rings (SSSR count). The third kappa shape index (κ3) is 4.13. The minimum absolute atomic E-state index is 0.0986. The van der Waals surface area contributed by atoms with Crippen molar-refractivity contribution in [2.24, 2.45) is 0 Å². The highest BCUT2D eigenvalue weighted by Gasteiger charge is 2.29. The highest BCUT2D eigenvalue weighted by molar-refractivity contribution is 5.97. The van der Waals surface area contributed by atoms with Gasteiger partial charge < -0.3 is 10.6 Å². The maximum Gasteiger partial charge on any atom is 0.324 e. The first-order chi connectivity index (χ1) is 10.2. The van der Waals surface area contributed by atoms with Crippen molar-refractivity contribution in [2.45, 2.75) is 45.4 Å². The van der Waals surface area contributed by atoms with Crippen LogP contribution in [0, 0.1) is 0 Å². The molecule has 0 aliphatic carbocycles. The zero-order chi connectivity index (χ0) is 15.1. The van der Waals surface area contributed by atoms with E-state index in [0.717, 1.165) is 31.7 Å². The normalized spacial score (nSPS) is 15.0. The number of benzene rings is 1. The van der Waals surface area contributed by atoms with E-state index in [0.29, 0.717) is 5.69 Å². The van der Waals surface area contributed by atoms with Crippen LogP contribution in [0.1, 0.15) is 45.4 Å². The number of nitrogens with zero attached hydrogens (tertiary/aromatic N) is 2. The molecule has 0 atom stereocenters. The predicted molar refractivity (Wildman–Crippen MR) is 88.5 cm³/mol. The standard InChI is InChI=1S/C17H27N3O/c1-2-3-4-5-6-9-12-19-13-14-20(17(19)21)16-11-8-7-10-15(16)18/h7-8,10-11H,2-6,9,12-14,18H2,1H3. The van der Waals surface area contributed by atoms with E-state index in [-0.39, 0.29) is 6.03 Å². The monoisotopic (exact) mass is 289 g/mol. The summed E-state index contributed by atoms with van der Waals surface area (Å²) in [6, 6.07) is 7.69. The van der Waals surface area contributed by atoms with Crippen LogP contribution < -0.4 is 10.6 Å². The SMILES string of the molecule is CCCCCCCCN1CCN(c2ccccc2N)C1=O. The lowest BCUT2D eigenvalue weighted by atomic mass is 10.1. The average molecular weight is 289 g/mol. The molecule has 116 valence electrons. The predicted octanol–water partition coefficient (Wildman–Crippen LogP) is 3.87. The van der Waals surface area contributed by atoms with Crippen LogP contribution in [-0.4, -0.2) is 30.6 Å². The van der Waals surface area contributed by atoms with E-state index in [1.54, 1.807) is 4.90 Å². The number of unbranched alkanes of at least 4 members (excludes halogenated alkanes) is 5. The number of amides is 2. The lowest BCUT2D eigenvalue weighted by Crippen LogP contribution is -2.32. The lowest BCUT2D eigenvalue weighted by Gasteiger charge is -2.19. The Labute approximate surface area is 127 Å². The van der Waals surface area contributed by atoms with Gasteiger partial charge in [-0.2, -0.15) is 0 Å². The summed E-state index contributed by atoms with van der Waals surface area (Å²) in [5, 5.41) is 0. The van der Waals surface area contributed by atoms with E-state index >= 15 is 0 Å². The number of nitrogen functional groups attached to an aromatic ring is 1. The Kier molecular flexibility index (Phi) is 5.90. The van der Waals surface area contributed by atoms with Crippen LogP contribution in [0.3, 0.4) is 0 Å². The first-order valence-corrected chi connectivity index (χ1v) is 8.15. The van der Waals surface area contributed by atoms with Gasteiger partial charge in [0.25, 0.3) is 0 Å². The van der Waals surface area contributed by atoms with Crippen molar-refractivity contribution in [3.63, 3.8) is 0 Å². The smallest absolute Gasteiger partial charge is 0.324 e. The molecule has 0 saturated carbocycles. The molecule has 4 nitrogen and oxygen atoms in total. The van der Waals surface area contributed by atoms with Gasteiger partial charge in [-0.3, -0.25) is 4.90 Å². The van der Waals surface area contributed by atoms with Crippen molar-refractivity contribution >= 4 is 17.4 Å². The Morgan fingerprint density at radius 1 is 1.05 bits per heavy atom. The molecule has 0 bridgehead atoms. The number of nitrogens with two attached hydrogens (primary N) is 1. The fourth-order valence-corrected chi connectivity index (χ4v) is 2.83. The molecule has 4 heteroatoms. The van der Waals surface area contributed by atoms with E-state index in [1.165, 1.54) is 32.1 Å². The molecule has 1 heterocycles. The Hall–Kier alpha value is -1.71. The van der Waals surface area contributed by atoms with Crippen molar-refractivity contribution in [2.75, 3.05) is 30.3 Å². The summed E-state index contributed by atoms with van der Waals surface area (Å²) in [6.07, 6.45) is 7.52.